The number of ether oxygens (including phenoxy) is 2. The van der Waals surface area contributed by atoms with Crippen molar-refractivity contribution in [2.75, 3.05) is 0 Å². The van der Waals surface area contributed by atoms with Gasteiger partial charge in [0.2, 0.25) is 6.23 Å². The normalized spacial score (nSPS) is 19.5. The van der Waals surface area contributed by atoms with Crippen LogP contribution < -0.4 is 9.47 Å². The zero-order valence-corrected chi connectivity index (χ0v) is 19.6. The maximum atomic E-state index is 6.41. The number of benzene rings is 3. The van der Waals surface area contributed by atoms with Gasteiger partial charge < -0.3 is 9.47 Å². The van der Waals surface area contributed by atoms with E-state index in [0.717, 1.165) is 44.8 Å². The van der Waals surface area contributed by atoms with Crippen LogP contribution in [0.4, 0.5) is 0 Å². The molecule has 4 nitrogen and oxygen atoms in total. The molecule has 31 heavy (non-hydrogen) atoms. The lowest BCUT2D eigenvalue weighted by Crippen LogP contribution is -2.33. The average molecular weight is 498 g/mol. The first-order chi connectivity index (χ1) is 15.0. The van der Waals surface area contributed by atoms with Gasteiger partial charge in [-0.25, -0.2) is 5.01 Å². The van der Waals surface area contributed by atoms with Gasteiger partial charge in [-0.3, -0.25) is 0 Å². The molecule has 0 unspecified atom stereocenters. The fourth-order valence-corrected chi connectivity index (χ4v) is 4.58. The Morgan fingerprint density at radius 2 is 1.81 bits per heavy atom. The summed E-state index contributed by atoms with van der Waals surface area (Å²) in [5, 5.41) is 7.79. The fourth-order valence-electron chi connectivity index (χ4n) is 4.08. The van der Waals surface area contributed by atoms with Crippen molar-refractivity contribution in [2.45, 2.75) is 38.6 Å². The van der Waals surface area contributed by atoms with E-state index in [1.807, 2.05) is 62.4 Å². The Morgan fingerprint density at radius 1 is 1.06 bits per heavy atom. The average Bonchev–Trinajstić information content (AvgIpc) is 3.20. The summed E-state index contributed by atoms with van der Waals surface area (Å²) in [5.74, 6) is 1.76. The standard InChI is InChI=1S/C25H22BrClN2O2/c1-15(2)30-20-10-5-16(6-11-20)22-14-23-21-13-18(26)7-12-24(21)31-25(29(23)28-22)17-3-8-19(27)9-4-17/h3-13,15,23,25H,14H2,1-2H3/t23-,25+/m0/s1. The molecule has 0 radical (unpaired) electrons. The molecule has 0 saturated heterocycles. The minimum absolute atomic E-state index is 0.100. The highest BCUT2D eigenvalue weighted by Gasteiger charge is 2.41. The van der Waals surface area contributed by atoms with Gasteiger partial charge in [0.1, 0.15) is 11.5 Å². The first-order valence-electron chi connectivity index (χ1n) is 10.3. The highest BCUT2D eigenvalue weighted by Crippen LogP contribution is 2.48. The molecule has 0 aliphatic carbocycles. The summed E-state index contributed by atoms with van der Waals surface area (Å²) >= 11 is 9.71. The molecule has 0 bridgehead atoms. The van der Waals surface area contributed by atoms with Gasteiger partial charge in [0.05, 0.1) is 17.9 Å². The molecule has 2 atom stereocenters. The lowest BCUT2D eigenvalue weighted by Gasteiger charge is -2.38. The van der Waals surface area contributed by atoms with Crippen molar-refractivity contribution in [1.82, 2.24) is 5.01 Å². The van der Waals surface area contributed by atoms with Crippen molar-refractivity contribution >= 4 is 33.2 Å². The molecule has 2 aliphatic heterocycles. The largest absolute Gasteiger partial charge is 0.491 e. The van der Waals surface area contributed by atoms with Crippen LogP contribution >= 0.6 is 27.5 Å². The van der Waals surface area contributed by atoms with E-state index in [1.54, 1.807) is 0 Å². The Labute approximate surface area is 195 Å². The molecule has 2 aliphatic rings. The molecule has 3 aromatic rings. The Balaban J connectivity index is 1.52. The molecule has 2 heterocycles. The van der Waals surface area contributed by atoms with Crippen molar-refractivity contribution in [3.63, 3.8) is 0 Å². The van der Waals surface area contributed by atoms with Gasteiger partial charge in [0.15, 0.2) is 0 Å². The molecule has 0 saturated carbocycles. The second-order valence-corrected chi connectivity index (χ2v) is 9.39. The van der Waals surface area contributed by atoms with E-state index in [9.17, 15) is 0 Å². The SMILES string of the molecule is CC(C)Oc1ccc(C2=NN3[C@@H](c4ccc(Cl)cc4)Oc4ccc(Br)cc4[C@@H]3C2)cc1. The van der Waals surface area contributed by atoms with Gasteiger partial charge in [-0.1, -0.05) is 39.7 Å². The Kier molecular flexibility index (Phi) is 5.40. The summed E-state index contributed by atoms with van der Waals surface area (Å²) in [7, 11) is 0. The number of hydrogen-bond acceptors (Lipinski definition) is 4. The van der Waals surface area contributed by atoms with E-state index in [1.165, 1.54) is 0 Å². The molecule has 3 aromatic carbocycles. The van der Waals surface area contributed by atoms with Gasteiger partial charge in [0.25, 0.3) is 0 Å². The van der Waals surface area contributed by atoms with E-state index in [2.05, 4.69) is 39.1 Å². The fraction of sp³-hybridized carbons (Fsp3) is 0.240. The van der Waals surface area contributed by atoms with Crippen LogP contribution in [0, 0.1) is 0 Å². The third kappa shape index (κ3) is 4.04. The zero-order chi connectivity index (χ0) is 21.5. The number of fused-ring (bicyclic) bond motifs is 3. The third-order valence-electron chi connectivity index (χ3n) is 5.47. The topological polar surface area (TPSA) is 34.1 Å². The Hall–Kier alpha value is -2.50. The van der Waals surface area contributed by atoms with Crippen LogP contribution in [-0.2, 0) is 0 Å². The quantitative estimate of drug-likeness (QED) is 0.384. The highest BCUT2D eigenvalue weighted by atomic mass is 79.9. The number of rotatable bonds is 4. The lowest BCUT2D eigenvalue weighted by molar-refractivity contribution is -0.0190. The summed E-state index contributed by atoms with van der Waals surface area (Å²) in [6.07, 6.45) is 0.647. The van der Waals surface area contributed by atoms with Crippen LogP contribution in [0.1, 0.15) is 49.2 Å². The lowest BCUT2D eigenvalue weighted by atomic mass is 9.96. The molecule has 0 aromatic heterocycles. The van der Waals surface area contributed by atoms with E-state index in [0.29, 0.717) is 5.02 Å². The number of hydrazone groups is 1. The van der Waals surface area contributed by atoms with Crippen LogP contribution in [-0.4, -0.2) is 16.8 Å². The van der Waals surface area contributed by atoms with Crippen molar-refractivity contribution in [3.8, 4) is 11.5 Å². The van der Waals surface area contributed by atoms with Gasteiger partial charge >= 0.3 is 0 Å². The molecule has 0 N–H and O–H groups in total. The van der Waals surface area contributed by atoms with Gasteiger partial charge in [-0.15, -0.1) is 0 Å². The van der Waals surface area contributed by atoms with Crippen LogP contribution in [0.2, 0.25) is 5.02 Å². The molecular formula is C25H22BrClN2O2. The van der Waals surface area contributed by atoms with Gasteiger partial charge in [-0.2, -0.15) is 5.10 Å². The van der Waals surface area contributed by atoms with Crippen LogP contribution in [0.3, 0.4) is 0 Å². The minimum Gasteiger partial charge on any atom is -0.491 e. The summed E-state index contributed by atoms with van der Waals surface area (Å²) in [5.41, 5.74) is 4.29. The number of hydrogen-bond donors (Lipinski definition) is 0. The molecule has 5 rings (SSSR count). The van der Waals surface area contributed by atoms with Crippen LogP contribution in [0.25, 0.3) is 0 Å². The van der Waals surface area contributed by atoms with E-state index in [-0.39, 0.29) is 18.4 Å². The first kappa shape index (κ1) is 20.4. The van der Waals surface area contributed by atoms with Crippen molar-refractivity contribution in [1.29, 1.82) is 0 Å². The van der Waals surface area contributed by atoms with Gasteiger partial charge in [-0.05, 0) is 74.0 Å². The minimum atomic E-state index is -0.308. The molecule has 0 fully saturated rings. The number of nitrogens with zero attached hydrogens (tertiary/aromatic N) is 2. The molecule has 0 spiro atoms. The summed E-state index contributed by atoms with van der Waals surface area (Å²) in [6, 6.07) is 22.2. The highest BCUT2D eigenvalue weighted by molar-refractivity contribution is 9.10. The zero-order valence-electron chi connectivity index (χ0n) is 17.3. The maximum absolute atomic E-state index is 6.41. The van der Waals surface area contributed by atoms with E-state index < -0.39 is 0 Å². The number of halogens is 2. The molecule has 6 heteroatoms. The maximum Gasteiger partial charge on any atom is 0.213 e. The molecular weight excluding hydrogens is 476 g/mol. The smallest absolute Gasteiger partial charge is 0.213 e. The van der Waals surface area contributed by atoms with Crippen molar-refractivity contribution in [2.24, 2.45) is 5.10 Å². The van der Waals surface area contributed by atoms with E-state index >= 15 is 0 Å². The van der Waals surface area contributed by atoms with Crippen molar-refractivity contribution < 1.29 is 9.47 Å². The van der Waals surface area contributed by atoms with Crippen LogP contribution in [0.15, 0.2) is 76.3 Å². The summed E-state index contributed by atoms with van der Waals surface area (Å²) in [6.45, 7) is 4.05. The Morgan fingerprint density at radius 3 is 2.52 bits per heavy atom. The second-order valence-electron chi connectivity index (χ2n) is 8.04. The summed E-state index contributed by atoms with van der Waals surface area (Å²) in [4.78, 5) is 0. The van der Waals surface area contributed by atoms with Crippen molar-refractivity contribution in [3.05, 3.63) is 92.9 Å². The van der Waals surface area contributed by atoms with Gasteiger partial charge in [0, 0.05) is 27.0 Å². The summed E-state index contributed by atoms with van der Waals surface area (Å²) < 4.78 is 13.2. The molecule has 0 amide bonds. The predicted octanol–water partition coefficient (Wildman–Crippen LogP) is 7.13. The Bertz CT molecular complexity index is 1130. The third-order valence-corrected chi connectivity index (χ3v) is 6.21. The predicted molar refractivity (Wildman–Crippen MR) is 127 cm³/mol. The van der Waals surface area contributed by atoms with E-state index in [4.69, 9.17) is 26.2 Å². The molecule has 158 valence electrons. The second kappa shape index (κ2) is 8.21. The monoisotopic (exact) mass is 496 g/mol. The first-order valence-corrected chi connectivity index (χ1v) is 11.5. The van der Waals surface area contributed by atoms with Crippen LogP contribution in [0.5, 0.6) is 11.5 Å².